The first-order valence-electron chi connectivity index (χ1n) is 9.93. The van der Waals surface area contributed by atoms with E-state index in [2.05, 4.69) is 11.6 Å². The van der Waals surface area contributed by atoms with Crippen LogP contribution in [0.5, 0.6) is 5.75 Å². The number of nitrogens with zero attached hydrogens (tertiary/aromatic N) is 1. The second-order valence-electron chi connectivity index (χ2n) is 7.45. The topological polar surface area (TPSA) is 75.7 Å². The van der Waals surface area contributed by atoms with E-state index < -0.39 is 10.0 Å². The van der Waals surface area contributed by atoms with E-state index in [1.54, 1.807) is 36.3 Å². The zero-order valence-electron chi connectivity index (χ0n) is 17.1. The van der Waals surface area contributed by atoms with Crippen LogP contribution in [0.15, 0.2) is 48.5 Å². The minimum Gasteiger partial charge on any atom is -0.497 e. The maximum Gasteiger partial charge on any atom is 0.258 e. The Bertz CT molecular complexity index is 953. The molecule has 0 spiro atoms. The average Bonchev–Trinajstić information content (AvgIpc) is 3.53. The largest absolute Gasteiger partial charge is 0.497 e. The van der Waals surface area contributed by atoms with Crippen molar-refractivity contribution in [3.05, 3.63) is 54.1 Å². The van der Waals surface area contributed by atoms with Crippen LogP contribution >= 0.6 is 0 Å². The molecule has 1 unspecified atom stereocenters. The summed E-state index contributed by atoms with van der Waals surface area (Å²) in [7, 11) is -1.81. The minimum absolute atomic E-state index is 0.0435. The first kappa shape index (κ1) is 21.2. The van der Waals surface area contributed by atoms with Crippen molar-refractivity contribution in [1.82, 2.24) is 0 Å². The van der Waals surface area contributed by atoms with Crippen molar-refractivity contribution in [2.45, 2.75) is 39.2 Å². The van der Waals surface area contributed by atoms with Crippen LogP contribution in [-0.2, 0) is 10.0 Å². The van der Waals surface area contributed by atoms with Gasteiger partial charge in [-0.1, -0.05) is 13.0 Å². The summed E-state index contributed by atoms with van der Waals surface area (Å²) in [6.07, 6.45) is 2.74. The molecule has 0 saturated heterocycles. The molecular weight excluding hydrogens is 388 g/mol. The fourth-order valence-electron chi connectivity index (χ4n) is 3.42. The first-order valence-corrected chi connectivity index (χ1v) is 11.6. The van der Waals surface area contributed by atoms with Gasteiger partial charge in [0, 0.05) is 23.0 Å². The minimum atomic E-state index is -3.42. The van der Waals surface area contributed by atoms with Crippen LogP contribution < -0.4 is 14.4 Å². The molecule has 0 aliphatic heterocycles. The van der Waals surface area contributed by atoms with E-state index in [0.29, 0.717) is 23.6 Å². The third-order valence-corrected chi connectivity index (χ3v) is 6.63. The van der Waals surface area contributed by atoms with Crippen LogP contribution in [0.3, 0.4) is 0 Å². The predicted octanol–water partition coefficient (Wildman–Crippen LogP) is 4.29. The summed E-state index contributed by atoms with van der Waals surface area (Å²) in [6, 6.07) is 14.2. The maximum atomic E-state index is 13.4. The van der Waals surface area contributed by atoms with Crippen molar-refractivity contribution in [1.29, 1.82) is 0 Å². The normalized spacial score (nSPS) is 14.9. The molecule has 7 heteroatoms. The molecule has 1 fully saturated rings. The number of methoxy groups -OCH3 is 1. The van der Waals surface area contributed by atoms with Crippen molar-refractivity contribution in [2.75, 3.05) is 22.5 Å². The van der Waals surface area contributed by atoms with Crippen molar-refractivity contribution in [2.24, 2.45) is 5.92 Å². The molecule has 2 aromatic carbocycles. The molecule has 3 rings (SSSR count). The first-order chi connectivity index (χ1) is 13.8. The summed E-state index contributed by atoms with van der Waals surface area (Å²) >= 11 is 0. The molecule has 29 heavy (non-hydrogen) atoms. The van der Waals surface area contributed by atoms with E-state index in [0.717, 1.165) is 24.3 Å². The van der Waals surface area contributed by atoms with Crippen LogP contribution in [-0.4, -0.2) is 33.2 Å². The van der Waals surface area contributed by atoms with Gasteiger partial charge in [-0.25, -0.2) is 8.42 Å². The zero-order valence-corrected chi connectivity index (χ0v) is 17.9. The van der Waals surface area contributed by atoms with Gasteiger partial charge in [-0.15, -0.1) is 0 Å². The Morgan fingerprint density at radius 1 is 1.21 bits per heavy atom. The molecule has 2 aromatic rings. The molecule has 1 aliphatic carbocycles. The predicted molar refractivity (Wildman–Crippen MR) is 116 cm³/mol. The van der Waals surface area contributed by atoms with E-state index in [1.165, 1.54) is 0 Å². The molecule has 1 amide bonds. The summed E-state index contributed by atoms with van der Waals surface area (Å²) in [5.41, 5.74) is 1.65. The molecule has 1 atom stereocenters. The highest BCUT2D eigenvalue weighted by Gasteiger charge is 2.35. The lowest BCUT2D eigenvalue weighted by molar-refractivity contribution is 0.0975. The second-order valence-corrected chi connectivity index (χ2v) is 9.29. The Kier molecular flexibility index (Phi) is 6.47. The van der Waals surface area contributed by atoms with Gasteiger partial charge < -0.3 is 9.64 Å². The SMILES string of the molecule is CCCS(=O)(=O)Nc1cccc(C(=O)N(c2ccc(OC)cc2)C(C)C2CC2)c1. The summed E-state index contributed by atoms with van der Waals surface area (Å²) in [4.78, 5) is 15.2. The second kappa shape index (κ2) is 8.86. The van der Waals surface area contributed by atoms with Gasteiger partial charge in [0.15, 0.2) is 0 Å². The number of carbonyl (C=O) groups is 1. The number of carbonyl (C=O) groups excluding carboxylic acids is 1. The monoisotopic (exact) mass is 416 g/mol. The Hall–Kier alpha value is -2.54. The number of rotatable bonds is 9. The fourth-order valence-corrected chi connectivity index (χ4v) is 4.55. The van der Waals surface area contributed by atoms with Gasteiger partial charge in [-0.05, 0) is 74.6 Å². The third kappa shape index (κ3) is 5.29. The number of hydrogen-bond donors (Lipinski definition) is 1. The van der Waals surface area contributed by atoms with E-state index in [4.69, 9.17) is 4.74 Å². The molecule has 1 saturated carbocycles. The highest BCUT2D eigenvalue weighted by atomic mass is 32.2. The molecule has 156 valence electrons. The average molecular weight is 417 g/mol. The fraction of sp³-hybridized carbons (Fsp3) is 0.409. The molecule has 0 bridgehead atoms. The highest BCUT2D eigenvalue weighted by Crippen LogP contribution is 2.38. The highest BCUT2D eigenvalue weighted by molar-refractivity contribution is 7.92. The van der Waals surface area contributed by atoms with Crippen LogP contribution in [0.1, 0.15) is 43.5 Å². The van der Waals surface area contributed by atoms with Gasteiger partial charge in [0.2, 0.25) is 10.0 Å². The number of ether oxygens (including phenoxy) is 1. The van der Waals surface area contributed by atoms with E-state index in [9.17, 15) is 13.2 Å². The van der Waals surface area contributed by atoms with Crippen LogP contribution in [0, 0.1) is 5.92 Å². The number of amides is 1. The molecule has 1 N–H and O–H groups in total. The summed E-state index contributed by atoms with van der Waals surface area (Å²) in [5.74, 6) is 1.10. The third-order valence-electron chi connectivity index (χ3n) is 5.14. The molecule has 0 aromatic heterocycles. The van der Waals surface area contributed by atoms with Gasteiger partial charge in [0.05, 0.1) is 12.9 Å². The Morgan fingerprint density at radius 2 is 1.90 bits per heavy atom. The van der Waals surface area contributed by atoms with Crippen LogP contribution in [0.2, 0.25) is 0 Å². The number of benzene rings is 2. The lowest BCUT2D eigenvalue weighted by Crippen LogP contribution is -2.40. The van der Waals surface area contributed by atoms with Crippen molar-refractivity contribution in [3.63, 3.8) is 0 Å². The summed E-state index contributed by atoms with van der Waals surface area (Å²) in [6.45, 7) is 3.87. The maximum absolute atomic E-state index is 13.4. The number of anilines is 2. The quantitative estimate of drug-likeness (QED) is 0.662. The summed E-state index contributed by atoms with van der Waals surface area (Å²) < 4.78 is 32.0. The molecule has 6 nitrogen and oxygen atoms in total. The zero-order chi connectivity index (χ0) is 21.0. The van der Waals surface area contributed by atoms with Gasteiger partial charge in [0.1, 0.15) is 5.75 Å². The smallest absolute Gasteiger partial charge is 0.258 e. The Morgan fingerprint density at radius 3 is 2.48 bits per heavy atom. The Balaban J connectivity index is 1.90. The van der Waals surface area contributed by atoms with E-state index in [-0.39, 0.29) is 17.7 Å². The lowest BCUT2D eigenvalue weighted by Gasteiger charge is -2.30. The van der Waals surface area contributed by atoms with Gasteiger partial charge in [-0.2, -0.15) is 0 Å². The molecule has 0 radical (unpaired) electrons. The molecular formula is C22H28N2O4S. The van der Waals surface area contributed by atoms with Crippen molar-refractivity contribution < 1.29 is 17.9 Å². The van der Waals surface area contributed by atoms with Gasteiger partial charge in [-0.3, -0.25) is 9.52 Å². The lowest BCUT2D eigenvalue weighted by atomic mass is 10.1. The molecule has 0 heterocycles. The van der Waals surface area contributed by atoms with Crippen molar-refractivity contribution in [3.8, 4) is 5.75 Å². The molecule has 1 aliphatic rings. The number of sulfonamides is 1. The van der Waals surface area contributed by atoms with Crippen LogP contribution in [0.25, 0.3) is 0 Å². The number of nitrogens with one attached hydrogen (secondary N) is 1. The number of hydrogen-bond acceptors (Lipinski definition) is 4. The standard InChI is InChI=1S/C22H28N2O4S/c1-4-14-29(26,27)23-19-7-5-6-18(15-19)22(25)24(16(2)17-8-9-17)20-10-12-21(28-3)13-11-20/h5-7,10-13,15-17,23H,4,8-9,14H2,1-3H3. The van der Waals surface area contributed by atoms with Crippen molar-refractivity contribution >= 4 is 27.3 Å². The van der Waals surface area contributed by atoms with Gasteiger partial charge >= 0.3 is 0 Å². The van der Waals surface area contributed by atoms with Gasteiger partial charge in [0.25, 0.3) is 5.91 Å². The van der Waals surface area contributed by atoms with Crippen LogP contribution in [0.4, 0.5) is 11.4 Å². The van der Waals surface area contributed by atoms with E-state index in [1.807, 2.05) is 31.2 Å². The Labute approximate surface area is 172 Å². The summed E-state index contributed by atoms with van der Waals surface area (Å²) in [5, 5.41) is 0. The van der Waals surface area contributed by atoms with E-state index >= 15 is 0 Å².